The highest BCUT2D eigenvalue weighted by Crippen LogP contribution is 2.15. The van der Waals surface area contributed by atoms with Gasteiger partial charge in [0, 0.05) is 12.8 Å². The molecule has 0 aliphatic rings. The minimum atomic E-state index is -0.954. The van der Waals surface area contributed by atoms with Crippen molar-refractivity contribution in [3.05, 3.63) is 0 Å². The fraction of sp³-hybridized carbons (Fsp3) is 0.955. The van der Waals surface area contributed by atoms with Crippen LogP contribution in [0.1, 0.15) is 194 Å². The van der Waals surface area contributed by atoms with E-state index in [1.807, 2.05) is 0 Å². The molecule has 0 aromatic carbocycles. The summed E-state index contributed by atoms with van der Waals surface area (Å²) in [6.07, 6.45) is 30.5. The molecule has 15 heteroatoms. The van der Waals surface area contributed by atoms with Crippen molar-refractivity contribution in [2.45, 2.75) is 218 Å². The van der Waals surface area contributed by atoms with E-state index in [1.165, 1.54) is 141 Å². The van der Waals surface area contributed by atoms with Gasteiger partial charge in [-0.1, -0.05) is 168 Å². The lowest BCUT2D eigenvalue weighted by Crippen LogP contribution is -2.15. The summed E-state index contributed by atoms with van der Waals surface area (Å²) in [5.74, 6) is -0.652. The Hall–Kier alpha value is -1.34. The van der Waals surface area contributed by atoms with Crippen LogP contribution in [0.4, 0.5) is 0 Å². The number of hydrogen-bond acceptors (Lipinski definition) is 15. The van der Waals surface area contributed by atoms with Gasteiger partial charge in [0.25, 0.3) is 0 Å². The average Bonchev–Trinajstić information content (AvgIpc) is 3.26. The summed E-state index contributed by atoms with van der Waals surface area (Å²) in [6, 6.07) is 0. The molecule has 59 heavy (non-hydrogen) atoms. The van der Waals surface area contributed by atoms with E-state index < -0.39 is 24.4 Å². The molecule has 0 saturated carbocycles. The van der Waals surface area contributed by atoms with Gasteiger partial charge in [0.05, 0.1) is 52.9 Å². The number of carbonyl (C=O) groups is 2. The number of carbonyl (C=O) groups excluding carboxylic acids is 2. The molecule has 0 fully saturated rings. The van der Waals surface area contributed by atoms with Crippen molar-refractivity contribution < 1.29 is 75.6 Å². The van der Waals surface area contributed by atoms with E-state index in [9.17, 15) is 9.59 Å². The van der Waals surface area contributed by atoms with Crippen LogP contribution in [0.2, 0.25) is 0 Å². The first-order valence-corrected chi connectivity index (χ1v) is 22.8. The monoisotopic (exact) mass is 863 g/mol. The Morgan fingerprint density at radius 2 is 0.458 bits per heavy atom. The number of aliphatic hydroxyl groups is 12. The molecule has 0 aromatic rings. The largest absolute Gasteiger partial charge is 0.394 e. The van der Waals surface area contributed by atoms with Crippen LogP contribution < -0.4 is 0 Å². The van der Waals surface area contributed by atoms with E-state index >= 15 is 0 Å². The van der Waals surface area contributed by atoms with Crippen molar-refractivity contribution in [3.8, 4) is 0 Å². The normalized spacial score (nSPS) is 10.7. The first kappa shape index (κ1) is 66.8. The Balaban J connectivity index is -0.000000323. The lowest BCUT2D eigenvalue weighted by Gasteiger charge is -2.05. The molecular weight excluding hydrogens is 768 g/mol. The standard InChI is InChI=1S/C32H62O3.4C3H8O3/c1-3-5-7-9-11-13-15-17-19-21-23-25-27-29-31(33)35-32(34)30-28-26-24-22-20-18-16-14-12-10-8-6-4-2;4*4-1-3(6)2-5/h3-30H2,1-2H3;4*3-6H,1-2H2. The van der Waals surface area contributed by atoms with E-state index in [4.69, 9.17) is 66.0 Å². The van der Waals surface area contributed by atoms with E-state index in [-0.39, 0.29) is 64.8 Å². The zero-order chi connectivity index (χ0) is 45.6. The SMILES string of the molecule is CCCCCCCCCCCCCCCC(=O)OC(=O)CCCCCCCCCCCCCCC.OCC(O)CO.OCC(O)CO.OCC(O)CO.OCC(O)CO. The van der Waals surface area contributed by atoms with E-state index in [0.29, 0.717) is 12.8 Å². The van der Waals surface area contributed by atoms with Crippen LogP contribution in [0.5, 0.6) is 0 Å². The topological polar surface area (TPSA) is 286 Å². The molecule has 0 atom stereocenters. The van der Waals surface area contributed by atoms with Gasteiger partial charge < -0.3 is 66.0 Å². The van der Waals surface area contributed by atoms with Gasteiger partial charge in [-0.3, -0.25) is 9.59 Å². The zero-order valence-corrected chi connectivity index (χ0v) is 37.4. The Morgan fingerprint density at radius 1 is 0.305 bits per heavy atom. The third kappa shape index (κ3) is 71.5. The van der Waals surface area contributed by atoms with Crippen LogP contribution in [-0.4, -0.2) is 150 Å². The van der Waals surface area contributed by atoms with Gasteiger partial charge >= 0.3 is 11.9 Å². The number of unbranched alkanes of at least 4 members (excludes halogenated alkanes) is 24. The molecule has 15 nitrogen and oxygen atoms in total. The van der Waals surface area contributed by atoms with Crippen molar-refractivity contribution in [2.24, 2.45) is 0 Å². The maximum atomic E-state index is 11.8. The molecule has 0 spiro atoms. The highest BCUT2D eigenvalue weighted by Gasteiger charge is 2.10. The highest BCUT2D eigenvalue weighted by atomic mass is 16.6. The first-order chi connectivity index (χ1) is 28.4. The van der Waals surface area contributed by atoms with Gasteiger partial charge in [-0.15, -0.1) is 0 Å². The summed E-state index contributed by atoms with van der Waals surface area (Å²) in [7, 11) is 0. The molecular formula is C44H94O15. The second-order valence-electron chi connectivity index (χ2n) is 14.9. The summed E-state index contributed by atoms with van der Waals surface area (Å²) in [5.41, 5.74) is 0. The fourth-order valence-electron chi connectivity index (χ4n) is 5.03. The molecule has 0 bridgehead atoms. The minimum Gasteiger partial charge on any atom is -0.394 e. The molecule has 0 radical (unpaired) electrons. The van der Waals surface area contributed by atoms with Crippen molar-refractivity contribution in [2.75, 3.05) is 52.9 Å². The molecule has 0 rings (SSSR count). The average molecular weight is 863 g/mol. The highest BCUT2D eigenvalue weighted by molar-refractivity contribution is 5.85. The maximum absolute atomic E-state index is 11.8. The van der Waals surface area contributed by atoms with Crippen LogP contribution in [-0.2, 0) is 14.3 Å². The predicted molar refractivity (Wildman–Crippen MR) is 232 cm³/mol. The lowest BCUT2D eigenvalue weighted by molar-refractivity contribution is -0.159. The van der Waals surface area contributed by atoms with Crippen LogP contribution in [0.3, 0.4) is 0 Å². The molecule has 0 saturated heterocycles. The summed E-state index contributed by atoms with van der Waals surface area (Å²) in [5, 5.41) is 96.1. The van der Waals surface area contributed by atoms with E-state index in [2.05, 4.69) is 13.8 Å². The maximum Gasteiger partial charge on any atom is 0.313 e. The van der Waals surface area contributed by atoms with Crippen LogP contribution in [0.25, 0.3) is 0 Å². The summed E-state index contributed by atoms with van der Waals surface area (Å²) in [6.45, 7) is 1.62. The smallest absolute Gasteiger partial charge is 0.313 e. The summed E-state index contributed by atoms with van der Waals surface area (Å²) >= 11 is 0. The van der Waals surface area contributed by atoms with Crippen LogP contribution in [0, 0.1) is 0 Å². The van der Waals surface area contributed by atoms with Gasteiger partial charge in [-0.2, -0.15) is 0 Å². The Kier molecular flexibility index (Phi) is 69.0. The molecule has 0 amide bonds. The quantitative estimate of drug-likeness (QED) is 0.0237. The predicted octanol–water partition coefficient (Wildman–Crippen LogP) is 4.35. The summed E-state index contributed by atoms with van der Waals surface area (Å²) < 4.78 is 4.99. The number of hydrogen-bond donors (Lipinski definition) is 12. The van der Waals surface area contributed by atoms with Crippen molar-refractivity contribution in [3.63, 3.8) is 0 Å². The Labute approximate surface area is 357 Å². The zero-order valence-electron chi connectivity index (χ0n) is 37.4. The third-order valence-corrected chi connectivity index (χ3v) is 8.88. The second-order valence-corrected chi connectivity index (χ2v) is 14.9. The van der Waals surface area contributed by atoms with Crippen molar-refractivity contribution in [1.82, 2.24) is 0 Å². The van der Waals surface area contributed by atoms with Gasteiger partial charge in [-0.05, 0) is 12.8 Å². The van der Waals surface area contributed by atoms with Gasteiger partial charge in [0.15, 0.2) is 0 Å². The van der Waals surface area contributed by atoms with E-state index in [1.54, 1.807) is 0 Å². The molecule has 0 aliphatic carbocycles. The second kappa shape index (κ2) is 61.0. The molecule has 360 valence electrons. The van der Waals surface area contributed by atoms with Crippen LogP contribution >= 0.6 is 0 Å². The number of aliphatic hydroxyl groups excluding tert-OH is 12. The fourth-order valence-corrected chi connectivity index (χ4v) is 5.03. The van der Waals surface area contributed by atoms with Gasteiger partial charge in [-0.25, -0.2) is 0 Å². The molecule has 0 heterocycles. The lowest BCUT2D eigenvalue weighted by atomic mass is 10.0. The van der Waals surface area contributed by atoms with Gasteiger partial charge in [0.2, 0.25) is 0 Å². The minimum absolute atomic E-state index is 0.326. The van der Waals surface area contributed by atoms with Gasteiger partial charge in [0.1, 0.15) is 24.4 Å². The first-order valence-electron chi connectivity index (χ1n) is 22.8. The third-order valence-electron chi connectivity index (χ3n) is 8.88. The van der Waals surface area contributed by atoms with Crippen molar-refractivity contribution in [1.29, 1.82) is 0 Å². The number of ether oxygens (including phenoxy) is 1. The Morgan fingerprint density at radius 3 is 0.593 bits per heavy atom. The van der Waals surface area contributed by atoms with Crippen LogP contribution in [0.15, 0.2) is 0 Å². The Bertz CT molecular complexity index is 668. The molecule has 0 aliphatic heterocycles. The number of rotatable bonds is 36. The van der Waals surface area contributed by atoms with Crippen molar-refractivity contribution >= 4 is 11.9 Å². The summed E-state index contributed by atoms with van der Waals surface area (Å²) in [4.78, 5) is 23.7. The van der Waals surface area contributed by atoms with E-state index in [0.717, 1.165) is 25.7 Å². The molecule has 0 unspecified atom stereocenters. The molecule has 12 N–H and O–H groups in total. The number of esters is 2. The molecule has 0 aromatic heterocycles.